The van der Waals surface area contributed by atoms with Crippen LogP contribution >= 0.6 is 15.9 Å². The summed E-state index contributed by atoms with van der Waals surface area (Å²) in [5.74, 6) is 0.148. The molecule has 0 fully saturated rings. The molecule has 6 heteroatoms. The molecule has 134 valence electrons. The Morgan fingerprint density at radius 3 is 2.81 bits per heavy atom. The van der Waals surface area contributed by atoms with Crippen LogP contribution in [0.4, 0.5) is 10.1 Å². The molecule has 1 heterocycles. The lowest BCUT2D eigenvalue weighted by atomic mass is 10.1. The van der Waals surface area contributed by atoms with Crippen LogP contribution in [0.15, 0.2) is 68.5 Å². The first-order valence-electron chi connectivity index (χ1n) is 8.19. The van der Waals surface area contributed by atoms with E-state index >= 15 is 0 Å². The lowest BCUT2D eigenvalue weighted by Crippen LogP contribution is -1.86. The maximum atomic E-state index is 13.4. The highest BCUT2D eigenvalue weighted by Crippen LogP contribution is 2.30. The van der Waals surface area contributed by atoms with Gasteiger partial charge in [-0.1, -0.05) is 6.07 Å². The van der Waals surface area contributed by atoms with E-state index in [2.05, 4.69) is 25.9 Å². The maximum absolute atomic E-state index is 13.4. The number of aryl methyl sites for hydroxylation is 1. The van der Waals surface area contributed by atoms with Crippen molar-refractivity contribution in [1.29, 1.82) is 0 Å². The van der Waals surface area contributed by atoms with Crippen LogP contribution in [0.25, 0.3) is 22.6 Å². The fourth-order valence-electron chi connectivity index (χ4n) is 2.75. The van der Waals surface area contributed by atoms with Gasteiger partial charge in [0.1, 0.15) is 17.1 Å². The van der Waals surface area contributed by atoms with Crippen LogP contribution in [0.3, 0.4) is 0 Å². The minimum atomic E-state index is -0.343. The van der Waals surface area contributed by atoms with Crippen molar-refractivity contribution in [2.24, 2.45) is 4.99 Å². The normalized spacial score (nSPS) is 11.5. The molecule has 0 aliphatic heterocycles. The van der Waals surface area contributed by atoms with Crippen LogP contribution in [0.2, 0.25) is 0 Å². The molecule has 0 spiro atoms. The first-order valence-corrected chi connectivity index (χ1v) is 8.98. The number of phenols is 1. The molecule has 0 radical (unpaired) electrons. The smallest absolute Gasteiger partial charge is 0.227 e. The van der Waals surface area contributed by atoms with Gasteiger partial charge in [0.25, 0.3) is 0 Å². The number of aromatic nitrogens is 1. The van der Waals surface area contributed by atoms with Crippen LogP contribution in [0, 0.1) is 12.7 Å². The Morgan fingerprint density at radius 2 is 2.00 bits per heavy atom. The van der Waals surface area contributed by atoms with E-state index in [-0.39, 0.29) is 11.6 Å². The van der Waals surface area contributed by atoms with E-state index in [1.165, 1.54) is 12.1 Å². The summed E-state index contributed by atoms with van der Waals surface area (Å²) in [6.45, 7) is 1.94. The second-order valence-corrected chi connectivity index (χ2v) is 6.98. The fraction of sp³-hybridized carbons (Fsp3) is 0.0476. The van der Waals surface area contributed by atoms with Crippen LogP contribution < -0.4 is 0 Å². The zero-order valence-corrected chi connectivity index (χ0v) is 15.9. The number of hydrogen-bond donors (Lipinski definition) is 1. The summed E-state index contributed by atoms with van der Waals surface area (Å²) in [6, 6.07) is 15.1. The van der Waals surface area contributed by atoms with E-state index in [9.17, 15) is 9.50 Å². The highest BCUT2D eigenvalue weighted by Gasteiger charge is 2.10. The fourth-order valence-corrected chi connectivity index (χ4v) is 3.34. The topological polar surface area (TPSA) is 58.6 Å². The average molecular weight is 425 g/mol. The van der Waals surface area contributed by atoms with Gasteiger partial charge in [0.2, 0.25) is 5.89 Å². The van der Waals surface area contributed by atoms with E-state index in [1.54, 1.807) is 36.5 Å². The molecule has 0 bridgehead atoms. The number of nitrogens with zero attached hydrogens (tertiary/aromatic N) is 2. The van der Waals surface area contributed by atoms with Gasteiger partial charge in [-0.25, -0.2) is 9.37 Å². The molecule has 4 aromatic rings. The average Bonchev–Trinajstić information content (AvgIpc) is 3.07. The molecule has 4 rings (SSSR count). The molecule has 0 aliphatic rings. The Morgan fingerprint density at radius 1 is 1.15 bits per heavy atom. The molecule has 0 amide bonds. The van der Waals surface area contributed by atoms with Crippen molar-refractivity contribution in [3.8, 4) is 17.2 Å². The molecule has 4 nitrogen and oxygen atoms in total. The molecule has 0 saturated heterocycles. The van der Waals surface area contributed by atoms with Gasteiger partial charge in [-0.2, -0.15) is 0 Å². The molecular formula is C21H14BrFN2O2. The third kappa shape index (κ3) is 3.61. The first kappa shape index (κ1) is 17.4. The SMILES string of the molecule is Cc1cc(Br)c(O)c(C=Nc2ccc3oc(-c4cccc(F)c4)nc3c2)c1. The summed E-state index contributed by atoms with van der Waals surface area (Å²) < 4.78 is 19.7. The monoisotopic (exact) mass is 424 g/mol. The van der Waals surface area contributed by atoms with Crippen LogP contribution in [-0.4, -0.2) is 16.3 Å². The number of oxazole rings is 1. The lowest BCUT2D eigenvalue weighted by Gasteiger charge is -2.03. The third-order valence-corrected chi connectivity index (χ3v) is 4.64. The molecule has 0 saturated carbocycles. The molecule has 1 N–H and O–H groups in total. The molecule has 3 aromatic carbocycles. The predicted octanol–water partition coefficient (Wildman–Crippen LogP) is 6.16. The Bertz CT molecular complexity index is 1180. The van der Waals surface area contributed by atoms with E-state index in [0.717, 1.165) is 5.56 Å². The Balaban J connectivity index is 1.68. The van der Waals surface area contributed by atoms with Crippen LogP contribution in [-0.2, 0) is 0 Å². The minimum Gasteiger partial charge on any atom is -0.506 e. The van der Waals surface area contributed by atoms with Gasteiger partial charge in [-0.15, -0.1) is 0 Å². The molecule has 0 aliphatic carbocycles. The number of aliphatic imine (C=N–C) groups is 1. The van der Waals surface area contributed by atoms with Crippen molar-refractivity contribution in [3.05, 3.63) is 76.0 Å². The van der Waals surface area contributed by atoms with E-state index in [4.69, 9.17) is 4.42 Å². The van der Waals surface area contributed by atoms with Crippen molar-refractivity contribution < 1.29 is 13.9 Å². The highest BCUT2D eigenvalue weighted by atomic mass is 79.9. The number of phenolic OH excluding ortho intramolecular Hbond substituents is 1. The van der Waals surface area contributed by atoms with E-state index in [0.29, 0.717) is 38.3 Å². The van der Waals surface area contributed by atoms with E-state index < -0.39 is 0 Å². The standard InChI is InChI=1S/C21H14BrFN2O2/c1-12-7-14(20(26)17(22)8-12)11-24-16-5-6-19-18(10-16)25-21(27-19)13-3-2-4-15(23)9-13/h2-11,26H,1H3. The molecule has 0 atom stereocenters. The van der Waals surface area contributed by atoms with Gasteiger partial charge in [0, 0.05) is 17.3 Å². The second kappa shape index (κ2) is 6.96. The summed E-state index contributed by atoms with van der Waals surface area (Å²) >= 11 is 3.32. The van der Waals surface area contributed by atoms with Crippen LogP contribution in [0.5, 0.6) is 5.75 Å². The highest BCUT2D eigenvalue weighted by molar-refractivity contribution is 9.10. The van der Waals surface area contributed by atoms with Crippen molar-refractivity contribution in [3.63, 3.8) is 0 Å². The Kier molecular flexibility index (Phi) is 4.49. The number of halogens is 2. The number of hydrogen-bond acceptors (Lipinski definition) is 4. The van der Waals surface area contributed by atoms with E-state index in [1.807, 2.05) is 19.1 Å². The molecule has 1 aromatic heterocycles. The van der Waals surface area contributed by atoms with Crippen LogP contribution in [0.1, 0.15) is 11.1 Å². The van der Waals surface area contributed by atoms with Crippen molar-refractivity contribution in [1.82, 2.24) is 4.98 Å². The second-order valence-electron chi connectivity index (χ2n) is 6.12. The number of fused-ring (bicyclic) bond motifs is 1. The van der Waals surface area contributed by atoms with Gasteiger partial charge >= 0.3 is 0 Å². The van der Waals surface area contributed by atoms with Gasteiger partial charge in [0.05, 0.1) is 10.2 Å². The predicted molar refractivity (Wildman–Crippen MR) is 107 cm³/mol. The third-order valence-electron chi connectivity index (χ3n) is 4.03. The summed E-state index contributed by atoms with van der Waals surface area (Å²) in [4.78, 5) is 8.84. The first-order chi connectivity index (χ1) is 13.0. The van der Waals surface area contributed by atoms with Gasteiger partial charge in [-0.3, -0.25) is 4.99 Å². The number of aromatic hydroxyl groups is 1. The van der Waals surface area contributed by atoms with Crippen molar-refractivity contribution in [2.45, 2.75) is 6.92 Å². The Labute approximate surface area is 163 Å². The van der Waals surface area contributed by atoms with Gasteiger partial charge < -0.3 is 9.52 Å². The summed E-state index contributed by atoms with van der Waals surface area (Å²) in [5, 5.41) is 10.1. The summed E-state index contributed by atoms with van der Waals surface area (Å²) in [6.07, 6.45) is 1.60. The number of rotatable bonds is 3. The zero-order chi connectivity index (χ0) is 19.0. The zero-order valence-electron chi connectivity index (χ0n) is 14.3. The molecule has 0 unspecified atom stereocenters. The minimum absolute atomic E-state index is 0.139. The van der Waals surface area contributed by atoms with Crippen molar-refractivity contribution in [2.75, 3.05) is 0 Å². The van der Waals surface area contributed by atoms with Crippen molar-refractivity contribution >= 4 is 38.9 Å². The summed E-state index contributed by atoms with van der Waals surface area (Å²) in [7, 11) is 0. The molecule has 27 heavy (non-hydrogen) atoms. The van der Waals surface area contributed by atoms with Gasteiger partial charge in [-0.05, 0) is 76.9 Å². The molecular weight excluding hydrogens is 411 g/mol. The lowest BCUT2D eigenvalue weighted by molar-refractivity contribution is 0.471. The largest absolute Gasteiger partial charge is 0.506 e. The number of benzene rings is 3. The van der Waals surface area contributed by atoms with Gasteiger partial charge in [0.15, 0.2) is 5.58 Å². The Hall–Kier alpha value is -2.99. The maximum Gasteiger partial charge on any atom is 0.227 e. The summed E-state index contributed by atoms with van der Waals surface area (Å²) in [5.41, 5.74) is 4.08. The quantitative estimate of drug-likeness (QED) is 0.400.